The maximum atomic E-state index is 11.9. The van der Waals surface area contributed by atoms with Crippen LogP contribution in [0.1, 0.15) is 15.9 Å². The number of carbonyl (C=O) groups is 1. The third kappa shape index (κ3) is 3.68. The molecule has 2 N–H and O–H groups in total. The van der Waals surface area contributed by atoms with Gasteiger partial charge < -0.3 is 15.0 Å². The Morgan fingerprint density at radius 3 is 2.65 bits per heavy atom. The summed E-state index contributed by atoms with van der Waals surface area (Å²) < 4.78 is 6.72. The zero-order valence-electron chi connectivity index (χ0n) is 14.3. The Hall–Kier alpha value is -2.51. The topological polar surface area (TPSA) is 83.0 Å². The van der Waals surface area contributed by atoms with Crippen LogP contribution in [0.4, 0.5) is 5.69 Å². The third-order valence-electron chi connectivity index (χ3n) is 3.87. The zero-order valence-corrected chi connectivity index (χ0v) is 15.8. The number of carbonyl (C=O) groups excluding carboxylic acids is 1. The first-order valence-corrected chi connectivity index (χ1v) is 9.11. The fraction of sp³-hybridized carbons (Fsp3) is 0.167. The number of halogens is 1. The van der Waals surface area contributed by atoms with Crippen LogP contribution >= 0.6 is 23.4 Å². The standard InChI is InChI=1S/C18H17ClN4O2S/c1-23-16(11-6-8-12(20)9-7-11)21-22-18(23)26-10-14-13(17(24)25-2)4-3-5-15(14)19/h3-9H,10,20H2,1-2H3. The number of thioether (sulfide) groups is 1. The van der Waals surface area contributed by atoms with Gasteiger partial charge in [0, 0.05) is 29.1 Å². The van der Waals surface area contributed by atoms with Gasteiger partial charge in [0.25, 0.3) is 0 Å². The van der Waals surface area contributed by atoms with Gasteiger partial charge in [-0.25, -0.2) is 4.79 Å². The number of nitrogen functional groups attached to an aromatic ring is 1. The molecule has 134 valence electrons. The van der Waals surface area contributed by atoms with Gasteiger partial charge in [-0.3, -0.25) is 0 Å². The lowest BCUT2D eigenvalue weighted by Crippen LogP contribution is -2.06. The SMILES string of the molecule is COC(=O)c1cccc(Cl)c1CSc1nnc(-c2ccc(N)cc2)n1C. The van der Waals surface area contributed by atoms with Crippen LogP contribution in [0.2, 0.25) is 5.02 Å². The van der Waals surface area contributed by atoms with Crippen LogP contribution in [-0.2, 0) is 17.5 Å². The summed E-state index contributed by atoms with van der Waals surface area (Å²) in [5.74, 6) is 0.793. The van der Waals surface area contributed by atoms with Gasteiger partial charge in [-0.05, 0) is 42.0 Å². The fourth-order valence-corrected chi connectivity index (χ4v) is 3.75. The summed E-state index contributed by atoms with van der Waals surface area (Å²) in [6.45, 7) is 0. The van der Waals surface area contributed by atoms with Crippen LogP contribution in [0, 0.1) is 0 Å². The minimum atomic E-state index is -0.413. The molecule has 26 heavy (non-hydrogen) atoms. The number of hydrogen-bond acceptors (Lipinski definition) is 6. The first kappa shape index (κ1) is 18.3. The molecule has 0 aliphatic carbocycles. The minimum absolute atomic E-state index is 0.413. The second kappa shape index (κ2) is 7.80. The fourth-order valence-electron chi connectivity index (χ4n) is 2.47. The number of esters is 1. The molecule has 0 amide bonds. The summed E-state index contributed by atoms with van der Waals surface area (Å²) in [6, 6.07) is 12.6. The van der Waals surface area contributed by atoms with Crippen molar-refractivity contribution < 1.29 is 9.53 Å². The van der Waals surface area contributed by atoms with E-state index in [1.807, 2.05) is 35.9 Å². The van der Waals surface area contributed by atoms with Gasteiger partial charge in [-0.2, -0.15) is 0 Å². The first-order valence-electron chi connectivity index (χ1n) is 7.75. The van der Waals surface area contributed by atoms with Crippen molar-refractivity contribution in [2.45, 2.75) is 10.9 Å². The van der Waals surface area contributed by atoms with Crippen molar-refractivity contribution in [1.29, 1.82) is 0 Å². The summed E-state index contributed by atoms with van der Waals surface area (Å²) in [6.07, 6.45) is 0. The molecular weight excluding hydrogens is 372 g/mol. The number of methoxy groups -OCH3 is 1. The molecule has 0 saturated heterocycles. The number of hydrogen-bond donors (Lipinski definition) is 1. The Morgan fingerprint density at radius 2 is 1.96 bits per heavy atom. The molecule has 2 aromatic carbocycles. The molecule has 0 fully saturated rings. The molecule has 0 aliphatic heterocycles. The highest BCUT2D eigenvalue weighted by Crippen LogP contribution is 2.30. The van der Waals surface area contributed by atoms with Crippen molar-refractivity contribution in [3.8, 4) is 11.4 Å². The lowest BCUT2D eigenvalue weighted by Gasteiger charge is -2.09. The van der Waals surface area contributed by atoms with E-state index in [0.29, 0.717) is 32.7 Å². The number of nitrogens with two attached hydrogens (primary N) is 1. The summed E-state index contributed by atoms with van der Waals surface area (Å²) in [4.78, 5) is 11.9. The lowest BCUT2D eigenvalue weighted by molar-refractivity contribution is 0.0600. The highest BCUT2D eigenvalue weighted by atomic mass is 35.5. The van der Waals surface area contributed by atoms with Gasteiger partial charge in [-0.15, -0.1) is 10.2 Å². The van der Waals surface area contributed by atoms with Crippen molar-refractivity contribution >= 4 is 35.0 Å². The van der Waals surface area contributed by atoms with Gasteiger partial charge in [0.05, 0.1) is 12.7 Å². The van der Waals surface area contributed by atoms with Crippen LogP contribution < -0.4 is 5.73 Å². The van der Waals surface area contributed by atoms with Gasteiger partial charge in [0.15, 0.2) is 11.0 Å². The number of anilines is 1. The van der Waals surface area contributed by atoms with Crippen molar-refractivity contribution in [2.75, 3.05) is 12.8 Å². The minimum Gasteiger partial charge on any atom is -0.465 e. The smallest absolute Gasteiger partial charge is 0.338 e. The number of ether oxygens (including phenoxy) is 1. The van der Waals surface area contributed by atoms with Crippen LogP contribution in [0.15, 0.2) is 47.6 Å². The Kier molecular flexibility index (Phi) is 5.49. The molecule has 6 nitrogen and oxygen atoms in total. The van der Waals surface area contributed by atoms with E-state index in [9.17, 15) is 4.79 Å². The van der Waals surface area contributed by atoms with Gasteiger partial charge >= 0.3 is 5.97 Å². The molecule has 0 aliphatic rings. The molecule has 3 rings (SSSR count). The number of benzene rings is 2. The molecule has 3 aromatic rings. The summed E-state index contributed by atoms with van der Waals surface area (Å²) >= 11 is 7.72. The average molecular weight is 389 g/mol. The molecular formula is C18H17ClN4O2S. The molecule has 0 saturated carbocycles. The number of rotatable bonds is 5. The van der Waals surface area contributed by atoms with Gasteiger partial charge in [-0.1, -0.05) is 29.4 Å². The number of aromatic nitrogens is 3. The average Bonchev–Trinajstić information content (AvgIpc) is 3.01. The van der Waals surface area contributed by atoms with Gasteiger partial charge in [0.2, 0.25) is 0 Å². The molecule has 1 aromatic heterocycles. The van der Waals surface area contributed by atoms with E-state index in [1.54, 1.807) is 18.2 Å². The second-order valence-electron chi connectivity index (χ2n) is 5.53. The van der Waals surface area contributed by atoms with E-state index in [0.717, 1.165) is 11.4 Å². The van der Waals surface area contributed by atoms with Crippen LogP contribution in [0.25, 0.3) is 11.4 Å². The normalized spacial score (nSPS) is 10.7. The predicted molar refractivity (Wildman–Crippen MR) is 103 cm³/mol. The van der Waals surface area contributed by atoms with E-state index in [1.165, 1.54) is 18.9 Å². The Bertz CT molecular complexity index is 941. The van der Waals surface area contributed by atoms with Crippen LogP contribution in [0.3, 0.4) is 0 Å². The zero-order chi connectivity index (χ0) is 18.7. The Morgan fingerprint density at radius 1 is 1.23 bits per heavy atom. The van der Waals surface area contributed by atoms with E-state index >= 15 is 0 Å². The van der Waals surface area contributed by atoms with Crippen molar-refractivity contribution in [1.82, 2.24) is 14.8 Å². The molecule has 0 radical (unpaired) electrons. The lowest BCUT2D eigenvalue weighted by atomic mass is 10.1. The summed E-state index contributed by atoms with van der Waals surface area (Å²) in [5, 5.41) is 9.72. The van der Waals surface area contributed by atoms with E-state index in [-0.39, 0.29) is 0 Å². The molecule has 0 spiro atoms. The molecule has 0 atom stereocenters. The van der Waals surface area contributed by atoms with E-state index in [2.05, 4.69) is 10.2 Å². The summed E-state index contributed by atoms with van der Waals surface area (Å²) in [5.41, 5.74) is 8.51. The second-order valence-corrected chi connectivity index (χ2v) is 6.88. The van der Waals surface area contributed by atoms with Crippen LogP contribution in [0.5, 0.6) is 0 Å². The molecule has 0 unspecified atom stereocenters. The monoisotopic (exact) mass is 388 g/mol. The Balaban J connectivity index is 1.84. The van der Waals surface area contributed by atoms with Gasteiger partial charge in [0.1, 0.15) is 0 Å². The third-order valence-corrected chi connectivity index (χ3v) is 5.27. The molecule has 0 bridgehead atoms. The first-order chi connectivity index (χ1) is 12.5. The molecule has 8 heteroatoms. The largest absolute Gasteiger partial charge is 0.465 e. The van der Waals surface area contributed by atoms with Crippen molar-refractivity contribution in [3.05, 3.63) is 58.6 Å². The maximum Gasteiger partial charge on any atom is 0.338 e. The summed E-state index contributed by atoms with van der Waals surface area (Å²) in [7, 11) is 3.24. The quantitative estimate of drug-likeness (QED) is 0.406. The van der Waals surface area contributed by atoms with E-state index < -0.39 is 5.97 Å². The number of nitrogens with zero attached hydrogens (tertiary/aromatic N) is 3. The predicted octanol–water partition coefficient (Wildman–Crippen LogP) is 3.80. The Labute approximate surface area is 160 Å². The van der Waals surface area contributed by atoms with Crippen LogP contribution in [-0.4, -0.2) is 27.8 Å². The van der Waals surface area contributed by atoms with E-state index in [4.69, 9.17) is 22.1 Å². The highest BCUT2D eigenvalue weighted by molar-refractivity contribution is 7.98. The van der Waals surface area contributed by atoms with Crippen molar-refractivity contribution in [3.63, 3.8) is 0 Å². The molecule has 1 heterocycles. The van der Waals surface area contributed by atoms with Crippen molar-refractivity contribution in [2.24, 2.45) is 7.05 Å². The highest BCUT2D eigenvalue weighted by Gasteiger charge is 2.17. The maximum absolute atomic E-state index is 11.9.